The number of carbonyl (C=O) groups excluding carboxylic acids is 1. The molecule has 110 valence electrons. The summed E-state index contributed by atoms with van der Waals surface area (Å²) >= 11 is 0. The standard InChI is InChI=1S/C13H17FN2O4/c1-8(2)13(3,18)7-15-12(17)10-6-9(14)4-5-11(10)16(19)20/h4-6,8,18H,7H2,1-3H3,(H,15,17)/t13-/m1/s1. The van der Waals surface area contributed by atoms with Crippen LogP contribution in [0.1, 0.15) is 31.1 Å². The molecular formula is C13H17FN2O4. The molecule has 0 fully saturated rings. The van der Waals surface area contributed by atoms with Crippen molar-refractivity contribution in [2.75, 3.05) is 6.54 Å². The van der Waals surface area contributed by atoms with E-state index in [0.717, 1.165) is 18.2 Å². The van der Waals surface area contributed by atoms with E-state index in [9.17, 15) is 24.4 Å². The van der Waals surface area contributed by atoms with Crippen LogP contribution in [0.3, 0.4) is 0 Å². The second-order valence-electron chi connectivity index (χ2n) is 5.11. The Morgan fingerprint density at radius 2 is 2.15 bits per heavy atom. The Balaban J connectivity index is 2.93. The van der Waals surface area contributed by atoms with Crippen molar-refractivity contribution in [1.29, 1.82) is 0 Å². The molecule has 0 heterocycles. The maximum Gasteiger partial charge on any atom is 0.282 e. The Morgan fingerprint density at radius 3 is 2.65 bits per heavy atom. The zero-order chi connectivity index (χ0) is 15.5. The predicted octanol–water partition coefficient (Wildman–Crippen LogP) is 1.87. The lowest BCUT2D eigenvalue weighted by atomic mass is 9.92. The summed E-state index contributed by atoms with van der Waals surface area (Å²) in [5, 5.41) is 23.2. The summed E-state index contributed by atoms with van der Waals surface area (Å²) in [6.45, 7) is 5.00. The van der Waals surface area contributed by atoms with Crippen molar-refractivity contribution >= 4 is 11.6 Å². The van der Waals surface area contributed by atoms with Crippen LogP contribution in [0.15, 0.2) is 18.2 Å². The molecule has 1 amide bonds. The fraction of sp³-hybridized carbons (Fsp3) is 0.462. The molecule has 0 radical (unpaired) electrons. The number of rotatable bonds is 5. The number of nitro groups is 1. The van der Waals surface area contributed by atoms with Gasteiger partial charge in [0.1, 0.15) is 11.4 Å². The fourth-order valence-corrected chi connectivity index (χ4v) is 1.41. The number of nitrogens with zero attached hydrogens (tertiary/aromatic N) is 1. The van der Waals surface area contributed by atoms with Gasteiger partial charge in [0.25, 0.3) is 11.6 Å². The van der Waals surface area contributed by atoms with Crippen LogP contribution in [0.4, 0.5) is 10.1 Å². The quantitative estimate of drug-likeness (QED) is 0.637. The van der Waals surface area contributed by atoms with Crippen molar-refractivity contribution in [3.63, 3.8) is 0 Å². The van der Waals surface area contributed by atoms with Crippen molar-refractivity contribution in [2.24, 2.45) is 5.92 Å². The second-order valence-corrected chi connectivity index (χ2v) is 5.11. The number of aliphatic hydroxyl groups is 1. The molecule has 0 aromatic heterocycles. The van der Waals surface area contributed by atoms with Crippen LogP contribution >= 0.6 is 0 Å². The van der Waals surface area contributed by atoms with Crippen molar-refractivity contribution < 1.29 is 19.2 Å². The molecule has 0 aliphatic rings. The van der Waals surface area contributed by atoms with Crippen molar-refractivity contribution in [1.82, 2.24) is 5.32 Å². The van der Waals surface area contributed by atoms with Crippen LogP contribution in [0, 0.1) is 21.8 Å². The summed E-state index contributed by atoms with van der Waals surface area (Å²) in [5.41, 5.74) is -2.00. The van der Waals surface area contributed by atoms with Gasteiger partial charge in [0.05, 0.1) is 10.5 Å². The molecule has 1 aromatic carbocycles. The van der Waals surface area contributed by atoms with Crippen LogP contribution in [0.25, 0.3) is 0 Å². The summed E-state index contributed by atoms with van der Waals surface area (Å²) in [7, 11) is 0. The van der Waals surface area contributed by atoms with Crippen LogP contribution in [-0.4, -0.2) is 28.1 Å². The molecule has 1 atom stereocenters. The van der Waals surface area contributed by atoms with Crippen molar-refractivity contribution in [3.05, 3.63) is 39.7 Å². The normalized spacial score (nSPS) is 13.9. The third-order valence-electron chi connectivity index (χ3n) is 3.25. The zero-order valence-electron chi connectivity index (χ0n) is 11.5. The van der Waals surface area contributed by atoms with Crippen LogP contribution in [0.5, 0.6) is 0 Å². The highest BCUT2D eigenvalue weighted by Crippen LogP contribution is 2.20. The number of halogens is 1. The van der Waals surface area contributed by atoms with E-state index >= 15 is 0 Å². The molecule has 1 rings (SSSR count). The Morgan fingerprint density at radius 1 is 1.55 bits per heavy atom. The number of nitrogens with one attached hydrogen (secondary N) is 1. The molecule has 6 nitrogen and oxygen atoms in total. The van der Waals surface area contributed by atoms with Gasteiger partial charge in [-0.2, -0.15) is 0 Å². The van der Waals surface area contributed by atoms with Gasteiger partial charge in [-0.1, -0.05) is 13.8 Å². The van der Waals surface area contributed by atoms with E-state index in [1.807, 2.05) is 0 Å². The van der Waals surface area contributed by atoms with Gasteiger partial charge >= 0.3 is 0 Å². The van der Waals surface area contributed by atoms with E-state index in [1.165, 1.54) is 6.92 Å². The molecular weight excluding hydrogens is 267 g/mol. The number of carbonyl (C=O) groups is 1. The van der Waals surface area contributed by atoms with E-state index < -0.39 is 27.9 Å². The Bertz CT molecular complexity index is 529. The average Bonchev–Trinajstić information content (AvgIpc) is 2.35. The first-order valence-electron chi connectivity index (χ1n) is 6.09. The maximum atomic E-state index is 13.1. The lowest BCUT2D eigenvalue weighted by Gasteiger charge is -2.27. The number of benzene rings is 1. The second kappa shape index (κ2) is 5.96. The van der Waals surface area contributed by atoms with E-state index in [4.69, 9.17) is 0 Å². The summed E-state index contributed by atoms with van der Waals surface area (Å²) in [6, 6.07) is 2.65. The highest BCUT2D eigenvalue weighted by atomic mass is 19.1. The minimum atomic E-state index is -1.15. The third-order valence-corrected chi connectivity index (χ3v) is 3.25. The van der Waals surface area contributed by atoms with E-state index in [0.29, 0.717) is 0 Å². The van der Waals surface area contributed by atoms with Crippen LogP contribution in [-0.2, 0) is 0 Å². The van der Waals surface area contributed by atoms with Gasteiger partial charge < -0.3 is 10.4 Å². The summed E-state index contributed by atoms with van der Waals surface area (Å²) < 4.78 is 13.1. The highest BCUT2D eigenvalue weighted by molar-refractivity contribution is 5.98. The molecule has 2 N–H and O–H groups in total. The van der Waals surface area contributed by atoms with Gasteiger partial charge in [-0.15, -0.1) is 0 Å². The molecule has 0 aliphatic heterocycles. The smallest absolute Gasteiger partial charge is 0.282 e. The topological polar surface area (TPSA) is 92.5 Å². The predicted molar refractivity (Wildman–Crippen MR) is 70.8 cm³/mol. The summed E-state index contributed by atoms with van der Waals surface area (Å²) in [5.74, 6) is -1.65. The lowest BCUT2D eigenvalue weighted by Crippen LogP contribution is -2.44. The van der Waals surface area contributed by atoms with Gasteiger partial charge in [-0.3, -0.25) is 14.9 Å². The zero-order valence-corrected chi connectivity index (χ0v) is 11.5. The van der Waals surface area contributed by atoms with E-state index in [-0.39, 0.29) is 18.0 Å². The number of nitro benzene ring substituents is 1. The molecule has 20 heavy (non-hydrogen) atoms. The van der Waals surface area contributed by atoms with E-state index in [2.05, 4.69) is 5.32 Å². The molecule has 0 saturated carbocycles. The first-order valence-corrected chi connectivity index (χ1v) is 6.09. The molecule has 1 aromatic rings. The Labute approximate surface area is 115 Å². The number of hydrogen-bond acceptors (Lipinski definition) is 4. The third kappa shape index (κ3) is 3.74. The largest absolute Gasteiger partial charge is 0.388 e. The molecule has 0 saturated heterocycles. The van der Waals surface area contributed by atoms with Gasteiger partial charge in [0.15, 0.2) is 0 Å². The minimum Gasteiger partial charge on any atom is -0.388 e. The average molecular weight is 284 g/mol. The van der Waals surface area contributed by atoms with Gasteiger partial charge in [-0.25, -0.2) is 4.39 Å². The van der Waals surface area contributed by atoms with Gasteiger partial charge in [0, 0.05) is 12.6 Å². The minimum absolute atomic E-state index is 0.0861. The number of amides is 1. The van der Waals surface area contributed by atoms with Crippen LogP contribution < -0.4 is 5.32 Å². The monoisotopic (exact) mass is 284 g/mol. The summed E-state index contributed by atoms with van der Waals surface area (Å²) in [4.78, 5) is 21.9. The van der Waals surface area contributed by atoms with Crippen molar-refractivity contribution in [3.8, 4) is 0 Å². The molecule has 0 aliphatic carbocycles. The maximum absolute atomic E-state index is 13.1. The van der Waals surface area contributed by atoms with E-state index in [1.54, 1.807) is 13.8 Å². The molecule has 0 spiro atoms. The van der Waals surface area contributed by atoms with Crippen LogP contribution in [0.2, 0.25) is 0 Å². The molecule has 7 heteroatoms. The Kier molecular flexibility index (Phi) is 4.78. The lowest BCUT2D eigenvalue weighted by molar-refractivity contribution is -0.385. The highest BCUT2D eigenvalue weighted by Gasteiger charge is 2.27. The number of hydrogen-bond donors (Lipinski definition) is 2. The van der Waals surface area contributed by atoms with Gasteiger partial charge in [-0.05, 0) is 25.0 Å². The van der Waals surface area contributed by atoms with Gasteiger partial charge in [0.2, 0.25) is 0 Å². The summed E-state index contributed by atoms with van der Waals surface area (Å²) in [6.07, 6.45) is 0. The fourth-order valence-electron chi connectivity index (χ4n) is 1.41. The Hall–Kier alpha value is -2.02. The first-order chi connectivity index (χ1) is 9.15. The molecule has 0 unspecified atom stereocenters. The first kappa shape index (κ1) is 16.0. The molecule has 0 bridgehead atoms. The van der Waals surface area contributed by atoms with Crippen molar-refractivity contribution in [2.45, 2.75) is 26.4 Å². The SMILES string of the molecule is CC(C)[C@](C)(O)CNC(=O)c1cc(F)ccc1[N+](=O)[O-].